The van der Waals surface area contributed by atoms with Gasteiger partial charge in [0.2, 0.25) is 11.8 Å². The van der Waals surface area contributed by atoms with E-state index in [0.717, 1.165) is 109 Å². The molecule has 0 spiro atoms. The van der Waals surface area contributed by atoms with Crippen LogP contribution in [0.5, 0.6) is 5.75 Å². The average Bonchev–Trinajstić information content (AvgIpc) is 1.56. The molecule has 91 heavy (non-hydrogen) atoms. The zero-order valence-electron chi connectivity index (χ0n) is 53.2. The number of para-hydroxylation sites is 2. The van der Waals surface area contributed by atoms with Crippen LogP contribution in [0.15, 0.2) is 152 Å². The van der Waals surface area contributed by atoms with Gasteiger partial charge in [0.25, 0.3) is 11.8 Å². The third-order valence-electron chi connectivity index (χ3n) is 18.1. The Labute approximate surface area is 529 Å². The predicted octanol–water partition coefficient (Wildman–Crippen LogP) is 13.0. The minimum Gasteiger partial charge on any atom is -0.497 e. The number of ether oxygens (including phenoxy) is 3. The number of unbranched alkanes of at least 4 members (excludes halogenated alkanes) is 1. The van der Waals surface area contributed by atoms with Crippen molar-refractivity contribution in [2.24, 2.45) is 11.8 Å². The van der Waals surface area contributed by atoms with Gasteiger partial charge >= 0.3 is 5.97 Å². The molecule has 0 aliphatic carbocycles. The van der Waals surface area contributed by atoms with Crippen molar-refractivity contribution in [2.75, 3.05) is 44.0 Å². The Morgan fingerprint density at radius 2 is 1.32 bits per heavy atom. The van der Waals surface area contributed by atoms with Gasteiger partial charge in [-0.25, -0.2) is 4.79 Å². The Balaban J connectivity index is 0.000000140. The van der Waals surface area contributed by atoms with E-state index in [9.17, 15) is 24.0 Å². The number of benzene rings is 5. The summed E-state index contributed by atoms with van der Waals surface area (Å²) in [5, 5.41) is 22.0. The van der Waals surface area contributed by atoms with E-state index in [0.29, 0.717) is 60.4 Å². The molecule has 5 aromatic carbocycles. The van der Waals surface area contributed by atoms with Crippen LogP contribution in [0.1, 0.15) is 126 Å². The number of likely N-dealkylation sites (tertiary alicyclic amines) is 1. The molecule has 0 bridgehead atoms. The number of aromatic nitrogens is 3. The number of nitrogens with zero attached hydrogens (tertiary/aromatic N) is 5. The molecule has 6 atom stereocenters. The van der Waals surface area contributed by atoms with Crippen molar-refractivity contribution < 1.29 is 51.8 Å². The van der Waals surface area contributed by atoms with Gasteiger partial charge in [0.15, 0.2) is 0 Å². The summed E-state index contributed by atoms with van der Waals surface area (Å²) in [6.07, 6.45) is 2.45. The third kappa shape index (κ3) is 11.6. The number of rotatable bonds is 14. The number of methoxy groups -OCH3 is 1. The molecule has 0 radical (unpaired) electrons. The number of hydrogen-bond acceptors (Lipinski definition) is 16. The Morgan fingerprint density at radius 1 is 0.681 bits per heavy atom. The van der Waals surface area contributed by atoms with E-state index in [1.54, 1.807) is 24.1 Å². The summed E-state index contributed by atoms with van der Waals surface area (Å²) >= 11 is 0. The molecular weight excluding hydrogens is 1150 g/mol. The van der Waals surface area contributed by atoms with Crippen molar-refractivity contribution >= 4 is 41.0 Å². The van der Waals surface area contributed by atoms with Gasteiger partial charge in [-0.15, -0.1) is 0 Å². The summed E-state index contributed by atoms with van der Waals surface area (Å²) in [7, 11) is 1.59. The minimum atomic E-state index is -0.831. The van der Waals surface area contributed by atoms with Gasteiger partial charge in [-0.05, 0) is 133 Å². The number of esters is 1. The van der Waals surface area contributed by atoms with Crippen LogP contribution in [0, 0.1) is 53.4 Å². The zero-order chi connectivity index (χ0) is 64.6. The maximum atomic E-state index is 13.5. The largest absolute Gasteiger partial charge is 0.497 e. The number of amides is 4. The molecule has 470 valence electrons. The Bertz CT molecular complexity index is 4120. The fourth-order valence-electron chi connectivity index (χ4n) is 13.6. The van der Waals surface area contributed by atoms with E-state index in [1.807, 2.05) is 141 Å². The van der Waals surface area contributed by atoms with Gasteiger partial charge in [-0.2, -0.15) is 0 Å². The van der Waals surface area contributed by atoms with Gasteiger partial charge in [0.1, 0.15) is 41.4 Å². The number of aryl methyl sites for hydroxylation is 6. The van der Waals surface area contributed by atoms with Crippen molar-refractivity contribution in [3.05, 3.63) is 201 Å². The van der Waals surface area contributed by atoms with Crippen LogP contribution < -0.4 is 20.7 Å². The summed E-state index contributed by atoms with van der Waals surface area (Å²) in [6, 6.07) is 36.1. The van der Waals surface area contributed by atoms with E-state index in [4.69, 9.17) is 27.8 Å². The SMILES string of the molecule is C=C(OCC)[C@]1(C)N[C@H](c2ccc(-c3c(C)noc3C)cc2)[C@@H]2C(=O)N(CC)C(=O)[C@@H]21.CCCCN1C(=O)c2ccccc2NC(=O)C1c1ccc(-c2c(C)noc2C)c(OC)c1.Cc1noc(C)c1-c1cccc(C2Cc3ccccc3NC3=C2C(=O)OC3)c1. The standard InChI is InChI=1S/C25H27N3O4.C24H29N3O4.C23H20N2O3/c1-5-6-13-28-23(24(29)26-20-10-8-7-9-18(20)25(28)30)17-11-12-19(21(14-17)31-4)22-15(2)27-32-16(22)3;1-7-27-22(28)19-20(23(27)29)24(6,15(5)30-8-2)25-21(19)17-11-9-16(10-12-17)18-13(3)26-31-14(18)4;1-13-21(14(2)28-25-13)17-8-5-7-15(10-17)18-11-16-6-3-4-9-19(16)24-20-12-27-23(26)22(18)20/h7-12,14,23H,5-6,13H2,1-4H3,(H,26,29);9-12,19-21,25H,5,7-8H2,1-4,6H3;3-10,18,24H,11-12H2,1-2H3/t;19-,20-,21-,24+;/m.1./s1. The number of carbonyl (C=O) groups is 5. The Kier molecular flexibility index (Phi) is 17.9. The second-order valence-corrected chi connectivity index (χ2v) is 23.7. The van der Waals surface area contributed by atoms with Gasteiger partial charge in [-0.1, -0.05) is 126 Å². The van der Waals surface area contributed by atoms with Crippen LogP contribution in [0.4, 0.5) is 11.4 Å². The first-order valence-electron chi connectivity index (χ1n) is 30.9. The van der Waals surface area contributed by atoms with E-state index in [-0.39, 0.29) is 41.6 Å². The molecule has 5 aliphatic rings. The van der Waals surface area contributed by atoms with Crippen LogP contribution in [0.3, 0.4) is 0 Å². The molecule has 8 heterocycles. The number of nitrogens with one attached hydrogen (secondary N) is 3. The number of anilines is 2. The van der Waals surface area contributed by atoms with Crippen LogP contribution >= 0.6 is 0 Å². The molecule has 3 aromatic heterocycles. The van der Waals surface area contributed by atoms with Crippen LogP contribution in [0.25, 0.3) is 33.4 Å². The number of carbonyl (C=O) groups excluding carboxylic acids is 5. The Morgan fingerprint density at radius 3 is 1.96 bits per heavy atom. The lowest BCUT2D eigenvalue weighted by molar-refractivity contribution is -0.141. The molecule has 4 amide bonds. The highest BCUT2D eigenvalue weighted by molar-refractivity contribution is 6.10. The molecule has 5 aliphatic heterocycles. The molecular formula is C72H76N8O11. The second-order valence-electron chi connectivity index (χ2n) is 23.7. The molecule has 19 heteroatoms. The van der Waals surface area contributed by atoms with Gasteiger partial charge in [0.05, 0.1) is 76.3 Å². The van der Waals surface area contributed by atoms with E-state index >= 15 is 0 Å². The summed E-state index contributed by atoms with van der Waals surface area (Å²) in [5.41, 5.74) is 14.9. The van der Waals surface area contributed by atoms with Gasteiger partial charge in [-0.3, -0.25) is 29.4 Å². The molecule has 13 rings (SSSR count). The zero-order valence-corrected chi connectivity index (χ0v) is 53.2. The topological polar surface area (TPSA) is 234 Å². The summed E-state index contributed by atoms with van der Waals surface area (Å²) < 4.78 is 32.7. The highest BCUT2D eigenvalue weighted by Crippen LogP contribution is 2.51. The summed E-state index contributed by atoms with van der Waals surface area (Å²) in [6.45, 7) is 24.7. The number of fused-ring (bicyclic) bond motifs is 3. The molecule has 2 unspecified atom stereocenters. The van der Waals surface area contributed by atoms with E-state index < -0.39 is 23.4 Å². The molecule has 2 fully saturated rings. The lowest BCUT2D eigenvalue weighted by Crippen LogP contribution is -2.49. The van der Waals surface area contributed by atoms with Gasteiger partial charge < -0.3 is 43.3 Å². The maximum absolute atomic E-state index is 13.5. The van der Waals surface area contributed by atoms with Crippen molar-refractivity contribution in [3.63, 3.8) is 0 Å². The first-order chi connectivity index (χ1) is 43.8. The maximum Gasteiger partial charge on any atom is 0.336 e. The van der Waals surface area contributed by atoms with E-state index in [2.05, 4.69) is 69.2 Å². The highest BCUT2D eigenvalue weighted by Gasteiger charge is 2.65. The fraction of sp³-hybridized carbons (Fsp3) is 0.333. The van der Waals surface area contributed by atoms with Crippen molar-refractivity contribution in [3.8, 4) is 39.1 Å². The summed E-state index contributed by atoms with van der Waals surface area (Å²) in [4.78, 5) is 68.8. The van der Waals surface area contributed by atoms with Crippen molar-refractivity contribution in [1.82, 2.24) is 30.6 Å². The highest BCUT2D eigenvalue weighted by atomic mass is 16.5. The first kappa shape index (κ1) is 62.7. The molecule has 3 N–H and O–H groups in total. The number of cyclic esters (lactones) is 1. The molecule has 8 aromatic rings. The minimum absolute atomic E-state index is 0.0680. The third-order valence-corrected chi connectivity index (χ3v) is 18.1. The fourth-order valence-corrected chi connectivity index (χ4v) is 13.6. The number of imide groups is 1. The van der Waals surface area contributed by atoms with Crippen molar-refractivity contribution in [2.45, 2.75) is 112 Å². The molecule has 19 nitrogen and oxygen atoms in total. The second kappa shape index (κ2) is 25.9. The van der Waals surface area contributed by atoms with Gasteiger partial charge in [0, 0.05) is 47.4 Å². The molecule has 0 saturated carbocycles. The van der Waals surface area contributed by atoms with Crippen molar-refractivity contribution in [1.29, 1.82) is 0 Å². The summed E-state index contributed by atoms with van der Waals surface area (Å²) in [5.74, 6) is 1.26. The van der Waals surface area contributed by atoms with Crippen LogP contribution in [-0.4, -0.2) is 93.8 Å². The smallest absolute Gasteiger partial charge is 0.336 e. The Hall–Kier alpha value is -9.88. The van der Waals surface area contributed by atoms with Crippen LogP contribution in [0.2, 0.25) is 0 Å². The lowest BCUT2D eigenvalue weighted by Gasteiger charge is -2.32. The quantitative estimate of drug-likeness (QED) is 0.0522. The monoisotopic (exact) mass is 1230 g/mol. The molecule has 2 saturated heterocycles. The first-order valence-corrected chi connectivity index (χ1v) is 30.9. The van der Waals surface area contributed by atoms with E-state index in [1.165, 1.54) is 10.5 Å². The average molecular weight is 1230 g/mol. The predicted molar refractivity (Wildman–Crippen MR) is 343 cm³/mol. The number of hydrogen-bond donors (Lipinski definition) is 3. The lowest BCUT2D eigenvalue weighted by atomic mass is 9.79. The van der Waals surface area contributed by atoms with Crippen LogP contribution in [-0.2, 0) is 35.1 Å². The normalized spacial score (nSPS) is 20.6.